The highest BCUT2D eigenvalue weighted by Crippen LogP contribution is 2.30. The van der Waals surface area contributed by atoms with Gasteiger partial charge in [-0.25, -0.2) is 0 Å². The predicted octanol–water partition coefficient (Wildman–Crippen LogP) is 14.3. The van der Waals surface area contributed by atoms with E-state index < -0.39 is 0 Å². The Bertz CT molecular complexity index is 761. The van der Waals surface area contributed by atoms with Crippen LogP contribution < -0.4 is 0 Å². The maximum atomic E-state index is 2.82. The molecule has 0 N–H and O–H groups in total. The highest BCUT2D eigenvalue weighted by molar-refractivity contribution is 5.31. The standard InChI is InChI=1S/C43H73N/c1-3-5-7-9-11-13-15-17-19-21-23-25-33-39-44(40-34-26-24-22-20-18-16-14-12-10-8-6-4-2)43(41-35-29-27-30-36-41)42-37-31-28-32-38-42/h27-32,35-38,43H,3-26,33-34,39-40H2,1-2H3. The number of nitrogens with zero attached hydrogens (tertiary/aromatic N) is 1. The number of benzene rings is 2. The molecular formula is C43H73N. The molecule has 0 aliphatic carbocycles. The van der Waals surface area contributed by atoms with Crippen molar-refractivity contribution in [3.63, 3.8) is 0 Å². The third kappa shape index (κ3) is 19.7. The van der Waals surface area contributed by atoms with Gasteiger partial charge < -0.3 is 0 Å². The van der Waals surface area contributed by atoms with Crippen LogP contribution in [0.4, 0.5) is 0 Å². The molecule has 44 heavy (non-hydrogen) atoms. The molecule has 0 bridgehead atoms. The molecule has 1 heteroatoms. The highest BCUT2D eigenvalue weighted by Gasteiger charge is 2.21. The largest absolute Gasteiger partial charge is 0.292 e. The fourth-order valence-corrected chi connectivity index (χ4v) is 6.92. The normalized spacial score (nSPS) is 11.6. The predicted molar refractivity (Wildman–Crippen MR) is 198 cm³/mol. The molecule has 250 valence electrons. The zero-order chi connectivity index (χ0) is 31.2. The Kier molecular flexibility index (Phi) is 25.3. The summed E-state index contributed by atoms with van der Waals surface area (Å²) in [7, 11) is 0. The van der Waals surface area contributed by atoms with Crippen LogP contribution in [0.25, 0.3) is 0 Å². The van der Waals surface area contributed by atoms with Crippen molar-refractivity contribution in [2.45, 2.75) is 187 Å². The summed E-state index contributed by atoms with van der Waals surface area (Å²) < 4.78 is 0. The van der Waals surface area contributed by atoms with E-state index in [9.17, 15) is 0 Å². The van der Waals surface area contributed by atoms with Gasteiger partial charge in [-0.05, 0) is 37.1 Å². The zero-order valence-corrected chi connectivity index (χ0v) is 29.6. The molecule has 0 saturated heterocycles. The van der Waals surface area contributed by atoms with Crippen LogP contribution in [-0.2, 0) is 0 Å². The SMILES string of the molecule is CCCCCCCCCCCCCCCN(CCCCCCCCCCCCCCC)C(c1ccccc1)c1ccccc1. The van der Waals surface area contributed by atoms with E-state index >= 15 is 0 Å². The lowest BCUT2D eigenvalue weighted by Gasteiger charge is -2.33. The molecular weight excluding hydrogens is 530 g/mol. The monoisotopic (exact) mass is 604 g/mol. The second kappa shape index (κ2) is 28.8. The quantitative estimate of drug-likeness (QED) is 0.0775. The van der Waals surface area contributed by atoms with Crippen molar-refractivity contribution in [1.82, 2.24) is 4.90 Å². The maximum Gasteiger partial charge on any atom is 0.0601 e. The smallest absolute Gasteiger partial charge is 0.0601 e. The Morgan fingerprint density at radius 3 is 0.864 bits per heavy atom. The van der Waals surface area contributed by atoms with Crippen molar-refractivity contribution >= 4 is 0 Å². The average Bonchev–Trinajstić information content (AvgIpc) is 3.06. The fourth-order valence-electron chi connectivity index (χ4n) is 6.92. The topological polar surface area (TPSA) is 3.24 Å². The van der Waals surface area contributed by atoms with Gasteiger partial charge in [0.25, 0.3) is 0 Å². The molecule has 0 radical (unpaired) electrons. The van der Waals surface area contributed by atoms with Crippen molar-refractivity contribution in [1.29, 1.82) is 0 Å². The van der Waals surface area contributed by atoms with E-state index in [-0.39, 0.29) is 0 Å². The lowest BCUT2D eigenvalue weighted by molar-refractivity contribution is 0.214. The molecule has 2 aromatic carbocycles. The van der Waals surface area contributed by atoms with Gasteiger partial charge in [0.1, 0.15) is 0 Å². The van der Waals surface area contributed by atoms with Gasteiger partial charge in [0.15, 0.2) is 0 Å². The molecule has 0 heterocycles. The maximum absolute atomic E-state index is 2.82. The number of unbranched alkanes of at least 4 members (excludes halogenated alkanes) is 24. The Morgan fingerprint density at radius 2 is 0.591 bits per heavy atom. The Morgan fingerprint density at radius 1 is 0.341 bits per heavy atom. The lowest BCUT2D eigenvalue weighted by atomic mass is 9.96. The van der Waals surface area contributed by atoms with Gasteiger partial charge in [0.05, 0.1) is 6.04 Å². The molecule has 0 aromatic heterocycles. The van der Waals surface area contributed by atoms with Gasteiger partial charge in [-0.3, -0.25) is 4.90 Å². The van der Waals surface area contributed by atoms with Crippen LogP contribution in [0.3, 0.4) is 0 Å². The Balaban J connectivity index is 1.72. The summed E-state index contributed by atoms with van der Waals surface area (Å²) in [5.41, 5.74) is 2.89. The zero-order valence-electron chi connectivity index (χ0n) is 29.6. The van der Waals surface area contributed by atoms with Crippen LogP contribution in [0, 0.1) is 0 Å². The third-order valence-electron chi connectivity index (χ3n) is 9.69. The van der Waals surface area contributed by atoms with E-state index in [2.05, 4.69) is 79.4 Å². The Hall–Kier alpha value is -1.60. The molecule has 0 amide bonds. The molecule has 0 fully saturated rings. The van der Waals surface area contributed by atoms with E-state index in [1.165, 1.54) is 191 Å². The van der Waals surface area contributed by atoms with E-state index in [1.807, 2.05) is 0 Å². The van der Waals surface area contributed by atoms with Crippen molar-refractivity contribution in [3.05, 3.63) is 71.8 Å². The van der Waals surface area contributed by atoms with E-state index in [0.717, 1.165) is 0 Å². The third-order valence-corrected chi connectivity index (χ3v) is 9.69. The van der Waals surface area contributed by atoms with Gasteiger partial charge >= 0.3 is 0 Å². The number of hydrogen-bond donors (Lipinski definition) is 0. The lowest BCUT2D eigenvalue weighted by Crippen LogP contribution is -2.31. The minimum absolute atomic E-state index is 0.368. The first kappa shape index (κ1) is 38.6. The van der Waals surface area contributed by atoms with E-state index in [4.69, 9.17) is 0 Å². The molecule has 0 saturated carbocycles. The average molecular weight is 604 g/mol. The molecule has 1 nitrogen and oxygen atoms in total. The summed E-state index contributed by atoms with van der Waals surface area (Å²) in [6, 6.07) is 23.0. The van der Waals surface area contributed by atoms with Gasteiger partial charge in [0.2, 0.25) is 0 Å². The minimum atomic E-state index is 0.368. The van der Waals surface area contributed by atoms with E-state index in [0.29, 0.717) is 6.04 Å². The number of hydrogen-bond acceptors (Lipinski definition) is 1. The molecule has 0 aliphatic heterocycles. The molecule has 0 atom stereocenters. The molecule has 0 unspecified atom stereocenters. The summed E-state index contributed by atoms with van der Waals surface area (Å²) in [6.07, 6.45) is 36.9. The molecule has 0 aliphatic rings. The first-order valence-electron chi connectivity index (χ1n) is 19.7. The van der Waals surface area contributed by atoms with Crippen LogP contribution in [0.2, 0.25) is 0 Å². The van der Waals surface area contributed by atoms with Crippen molar-refractivity contribution in [3.8, 4) is 0 Å². The van der Waals surface area contributed by atoms with Gasteiger partial charge in [0, 0.05) is 0 Å². The van der Waals surface area contributed by atoms with Crippen LogP contribution >= 0.6 is 0 Å². The Labute approximate surface area is 276 Å². The summed E-state index contributed by atoms with van der Waals surface area (Å²) in [5.74, 6) is 0. The highest BCUT2D eigenvalue weighted by atomic mass is 15.2. The van der Waals surface area contributed by atoms with Gasteiger partial charge in [-0.15, -0.1) is 0 Å². The first-order chi connectivity index (χ1) is 21.9. The number of rotatable bonds is 31. The van der Waals surface area contributed by atoms with Crippen LogP contribution in [-0.4, -0.2) is 18.0 Å². The fraction of sp³-hybridized carbons (Fsp3) is 0.721. The summed E-state index contributed by atoms with van der Waals surface area (Å²) in [5, 5.41) is 0. The second-order valence-electron chi connectivity index (χ2n) is 13.7. The molecule has 0 spiro atoms. The second-order valence-corrected chi connectivity index (χ2v) is 13.7. The summed E-state index contributed by atoms with van der Waals surface area (Å²) in [6.45, 7) is 7.04. The minimum Gasteiger partial charge on any atom is -0.292 e. The van der Waals surface area contributed by atoms with Gasteiger partial charge in [-0.1, -0.05) is 229 Å². The summed E-state index contributed by atoms with van der Waals surface area (Å²) in [4.78, 5) is 2.82. The molecule has 2 rings (SSSR count). The summed E-state index contributed by atoms with van der Waals surface area (Å²) >= 11 is 0. The first-order valence-corrected chi connectivity index (χ1v) is 19.7. The van der Waals surface area contributed by atoms with Crippen LogP contribution in [0.15, 0.2) is 60.7 Å². The van der Waals surface area contributed by atoms with Crippen molar-refractivity contribution in [2.24, 2.45) is 0 Å². The van der Waals surface area contributed by atoms with Crippen LogP contribution in [0.1, 0.15) is 198 Å². The van der Waals surface area contributed by atoms with Crippen molar-refractivity contribution < 1.29 is 0 Å². The van der Waals surface area contributed by atoms with Crippen LogP contribution in [0.5, 0.6) is 0 Å². The molecule has 2 aromatic rings. The van der Waals surface area contributed by atoms with E-state index in [1.54, 1.807) is 0 Å². The van der Waals surface area contributed by atoms with Crippen molar-refractivity contribution in [2.75, 3.05) is 13.1 Å². The van der Waals surface area contributed by atoms with Gasteiger partial charge in [-0.2, -0.15) is 0 Å².